The van der Waals surface area contributed by atoms with E-state index in [2.05, 4.69) is 6.92 Å². The van der Waals surface area contributed by atoms with Crippen molar-refractivity contribution in [3.8, 4) is 0 Å². The molecule has 48 valence electrons. The zero-order valence-electron chi connectivity index (χ0n) is 5.16. The Kier molecular flexibility index (Phi) is 7.30. The first kappa shape index (κ1) is 9.22. The standard InChI is InChI=1S/C5H11.2ClH.Ga/c1-3-5-4-2;;;/h1,3-5H2,2H3;2*1H;/q;;;+2/p-2. The van der Waals surface area contributed by atoms with Crippen molar-refractivity contribution in [3.05, 3.63) is 0 Å². The van der Waals surface area contributed by atoms with E-state index in [0.29, 0.717) is 0 Å². The van der Waals surface area contributed by atoms with E-state index >= 15 is 0 Å². The number of hydrogen-bond donors (Lipinski definition) is 0. The molecule has 0 radical (unpaired) electrons. The average Bonchev–Trinajstić information content (AvgIpc) is 1.66. The van der Waals surface area contributed by atoms with Crippen molar-refractivity contribution < 1.29 is 0 Å². The Morgan fingerprint density at radius 1 is 1.25 bits per heavy atom. The van der Waals surface area contributed by atoms with Crippen LogP contribution in [0, 0.1) is 0 Å². The molecule has 0 nitrogen and oxygen atoms in total. The fourth-order valence-corrected chi connectivity index (χ4v) is 3.41. The monoisotopic (exact) mass is 210 g/mol. The fourth-order valence-electron chi connectivity index (χ4n) is 0.549. The first-order valence-corrected chi connectivity index (χ1v) is 11.1. The molecule has 0 N–H and O–H groups in total. The molecule has 0 rings (SSSR count). The number of rotatable bonds is 4. The SMILES string of the molecule is CCCC[CH2][Ga]([Cl])[Cl]. The first-order valence-electron chi connectivity index (χ1n) is 3.05. The van der Waals surface area contributed by atoms with Gasteiger partial charge in [0.05, 0.1) is 0 Å². The molecule has 8 heavy (non-hydrogen) atoms. The van der Waals surface area contributed by atoms with E-state index in [9.17, 15) is 0 Å². The summed E-state index contributed by atoms with van der Waals surface area (Å²) in [5.41, 5.74) is 0. The van der Waals surface area contributed by atoms with Crippen molar-refractivity contribution in [3.63, 3.8) is 0 Å². The van der Waals surface area contributed by atoms with Gasteiger partial charge in [-0.15, -0.1) is 0 Å². The van der Waals surface area contributed by atoms with Crippen LogP contribution >= 0.6 is 19.3 Å². The van der Waals surface area contributed by atoms with Gasteiger partial charge in [0.2, 0.25) is 0 Å². The zero-order valence-corrected chi connectivity index (χ0v) is 9.10. The van der Waals surface area contributed by atoms with Gasteiger partial charge in [0.25, 0.3) is 0 Å². The van der Waals surface area contributed by atoms with Crippen LogP contribution in [-0.4, -0.2) is 14.2 Å². The molecule has 0 amide bonds. The van der Waals surface area contributed by atoms with E-state index < -0.39 is 14.2 Å². The molecule has 0 saturated heterocycles. The minimum absolute atomic E-state index is 1.13. The molecule has 0 aromatic rings. The Morgan fingerprint density at radius 2 is 1.88 bits per heavy atom. The summed E-state index contributed by atoms with van der Waals surface area (Å²) in [6, 6.07) is 0. The van der Waals surface area contributed by atoms with E-state index in [1.54, 1.807) is 0 Å². The number of hydrogen-bond acceptors (Lipinski definition) is 0. The molecule has 0 bridgehead atoms. The first-order chi connectivity index (χ1) is 3.77. The molecular formula is C5H11Cl2Ga. The van der Waals surface area contributed by atoms with Gasteiger partial charge in [0.1, 0.15) is 0 Å². The molecular weight excluding hydrogens is 201 g/mol. The Hall–Kier alpha value is 1.22. The molecule has 0 saturated carbocycles. The minimum atomic E-state index is -1.64. The summed E-state index contributed by atoms with van der Waals surface area (Å²) in [6.07, 6.45) is 3.80. The van der Waals surface area contributed by atoms with E-state index in [-0.39, 0.29) is 0 Å². The molecule has 0 heterocycles. The van der Waals surface area contributed by atoms with Crippen molar-refractivity contribution >= 4 is 33.5 Å². The summed E-state index contributed by atoms with van der Waals surface area (Å²) in [7, 11) is 11.3. The maximum absolute atomic E-state index is 5.67. The van der Waals surface area contributed by atoms with Crippen molar-refractivity contribution in [2.24, 2.45) is 0 Å². The van der Waals surface area contributed by atoms with Crippen molar-refractivity contribution in [1.82, 2.24) is 0 Å². The molecule has 0 spiro atoms. The molecule has 0 aliphatic rings. The van der Waals surface area contributed by atoms with Crippen LogP contribution in [0.15, 0.2) is 0 Å². The van der Waals surface area contributed by atoms with Crippen LogP contribution in [-0.2, 0) is 0 Å². The second-order valence-electron chi connectivity index (χ2n) is 1.89. The van der Waals surface area contributed by atoms with E-state index in [1.807, 2.05) is 0 Å². The molecule has 3 heteroatoms. The summed E-state index contributed by atoms with van der Waals surface area (Å²) in [5.74, 6) is 0. The van der Waals surface area contributed by atoms with Gasteiger partial charge in [-0.25, -0.2) is 0 Å². The molecule has 0 aromatic carbocycles. The molecule has 0 aromatic heterocycles. The molecule has 0 aliphatic carbocycles. The molecule has 0 aliphatic heterocycles. The van der Waals surface area contributed by atoms with Crippen molar-refractivity contribution in [2.75, 3.05) is 0 Å². The van der Waals surface area contributed by atoms with Gasteiger partial charge >= 0.3 is 64.7 Å². The van der Waals surface area contributed by atoms with Gasteiger partial charge in [-0.2, -0.15) is 0 Å². The van der Waals surface area contributed by atoms with Crippen LogP contribution in [0.2, 0.25) is 4.98 Å². The van der Waals surface area contributed by atoms with Crippen LogP contribution in [0.25, 0.3) is 0 Å². The van der Waals surface area contributed by atoms with Gasteiger partial charge in [-0.05, 0) is 0 Å². The summed E-state index contributed by atoms with van der Waals surface area (Å²) in [5, 5.41) is 0. The van der Waals surface area contributed by atoms with Crippen LogP contribution in [0.5, 0.6) is 0 Å². The Balaban J connectivity index is 2.72. The second-order valence-corrected chi connectivity index (χ2v) is 11.4. The van der Waals surface area contributed by atoms with Crippen molar-refractivity contribution in [1.29, 1.82) is 0 Å². The van der Waals surface area contributed by atoms with Gasteiger partial charge in [-0.1, -0.05) is 0 Å². The quantitative estimate of drug-likeness (QED) is 0.495. The van der Waals surface area contributed by atoms with E-state index in [1.165, 1.54) is 19.3 Å². The van der Waals surface area contributed by atoms with E-state index in [4.69, 9.17) is 19.3 Å². The Bertz CT molecular complexity index is 47.7. The van der Waals surface area contributed by atoms with Gasteiger partial charge in [-0.3, -0.25) is 0 Å². The van der Waals surface area contributed by atoms with Crippen LogP contribution in [0.3, 0.4) is 0 Å². The maximum atomic E-state index is 5.67. The Labute approximate surface area is 64.6 Å². The summed E-state index contributed by atoms with van der Waals surface area (Å²) in [4.78, 5) is 1.13. The van der Waals surface area contributed by atoms with Crippen LogP contribution in [0.4, 0.5) is 0 Å². The van der Waals surface area contributed by atoms with Crippen LogP contribution < -0.4 is 0 Å². The molecule has 0 fully saturated rings. The third-order valence-electron chi connectivity index (χ3n) is 1.03. The average molecular weight is 212 g/mol. The fraction of sp³-hybridized carbons (Fsp3) is 1.00. The van der Waals surface area contributed by atoms with Crippen LogP contribution in [0.1, 0.15) is 26.2 Å². The predicted molar refractivity (Wildman–Crippen MR) is 41.8 cm³/mol. The van der Waals surface area contributed by atoms with Gasteiger partial charge in [0, 0.05) is 0 Å². The second kappa shape index (κ2) is 6.34. The zero-order chi connectivity index (χ0) is 6.41. The van der Waals surface area contributed by atoms with Gasteiger partial charge in [0.15, 0.2) is 0 Å². The normalized spacial score (nSPS) is 9.38. The third-order valence-corrected chi connectivity index (χ3v) is 5.07. The summed E-state index contributed by atoms with van der Waals surface area (Å²) >= 11 is -1.64. The topological polar surface area (TPSA) is 0 Å². The number of halogens is 2. The third kappa shape index (κ3) is 7.22. The van der Waals surface area contributed by atoms with Crippen molar-refractivity contribution in [2.45, 2.75) is 31.2 Å². The van der Waals surface area contributed by atoms with E-state index in [0.717, 1.165) is 4.98 Å². The Morgan fingerprint density at radius 3 is 2.25 bits per heavy atom. The van der Waals surface area contributed by atoms with Gasteiger partial charge < -0.3 is 0 Å². The summed E-state index contributed by atoms with van der Waals surface area (Å²) < 4.78 is 0. The predicted octanol–water partition coefficient (Wildman–Crippen LogP) is 3.14. The molecule has 0 unspecified atom stereocenters. The summed E-state index contributed by atoms with van der Waals surface area (Å²) in [6.45, 7) is 2.18. The molecule has 0 atom stereocenters. The number of unbranched alkanes of at least 4 members (excludes halogenated alkanes) is 2.